The van der Waals surface area contributed by atoms with E-state index in [1.165, 1.54) is 0 Å². The van der Waals surface area contributed by atoms with Crippen LogP contribution in [0.2, 0.25) is 5.02 Å². The molecule has 4 aliphatic carbocycles. The Kier molecular flexibility index (Phi) is 6.07. The molecule has 4 fully saturated rings. The maximum atomic E-state index is 13.9. The number of hydrogen-bond acceptors (Lipinski definition) is 5. The molecule has 4 saturated carbocycles. The number of aliphatic imine (C=N–C) groups is 1. The molecule has 1 unspecified atom stereocenters. The fraction of sp³-hybridized carbons (Fsp3) is 0.517. The minimum Gasteiger partial charge on any atom is -0.366 e. The van der Waals surface area contributed by atoms with Gasteiger partial charge in [0, 0.05) is 41.3 Å². The highest BCUT2D eigenvalue weighted by Gasteiger charge is 2.75. The molecular weight excluding hydrogens is 544 g/mol. The first-order valence-electron chi connectivity index (χ1n) is 13.4. The highest BCUT2D eigenvalue weighted by Crippen LogP contribution is 2.71. The molecule has 7 rings (SSSR count). The molecule has 0 radical (unpaired) electrons. The van der Waals surface area contributed by atoms with Gasteiger partial charge in [0.15, 0.2) is 5.78 Å². The van der Waals surface area contributed by atoms with Crippen molar-refractivity contribution < 1.29 is 22.0 Å². The lowest BCUT2D eigenvalue weighted by molar-refractivity contribution is -0.151. The van der Waals surface area contributed by atoms with Crippen molar-refractivity contribution in [2.24, 2.45) is 16.3 Å². The number of hydrogen-bond donors (Lipinski definition) is 1. The molecule has 2 aromatic carbocycles. The second-order valence-electron chi connectivity index (χ2n) is 12.4. The Morgan fingerprint density at radius 1 is 1.08 bits per heavy atom. The number of carbonyl (C=O) groups excluding carboxylic acids is 1. The van der Waals surface area contributed by atoms with Crippen LogP contribution in [0.1, 0.15) is 57.9 Å². The highest BCUT2D eigenvalue weighted by atomic mass is 35.5. The molecule has 1 N–H and O–H groups in total. The van der Waals surface area contributed by atoms with Gasteiger partial charge in [0.05, 0.1) is 10.4 Å². The number of nitrogens with one attached hydrogen (secondary N) is 1. The van der Waals surface area contributed by atoms with Crippen LogP contribution >= 0.6 is 11.6 Å². The van der Waals surface area contributed by atoms with Crippen LogP contribution in [0.5, 0.6) is 0 Å². The minimum atomic E-state index is -3.78. The first-order valence-corrected chi connectivity index (χ1v) is 15.2. The van der Waals surface area contributed by atoms with Crippen LogP contribution in [0.3, 0.4) is 0 Å². The summed E-state index contributed by atoms with van der Waals surface area (Å²) in [7, 11) is -3.78. The molecule has 39 heavy (non-hydrogen) atoms. The second kappa shape index (κ2) is 8.82. The van der Waals surface area contributed by atoms with Gasteiger partial charge in [0.25, 0.3) is 5.92 Å². The van der Waals surface area contributed by atoms with E-state index in [-0.39, 0.29) is 41.9 Å². The Morgan fingerprint density at radius 3 is 2.28 bits per heavy atom. The van der Waals surface area contributed by atoms with Crippen molar-refractivity contribution in [1.82, 2.24) is 9.62 Å². The molecule has 1 aliphatic heterocycles. The maximum Gasteiger partial charge on any atom is 0.251 e. The van der Waals surface area contributed by atoms with Gasteiger partial charge in [-0.05, 0) is 69.4 Å². The number of halogens is 3. The molecule has 208 valence electrons. The average molecular weight is 576 g/mol. The summed E-state index contributed by atoms with van der Waals surface area (Å²) < 4.78 is 56.0. The van der Waals surface area contributed by atoms with Crippen LogP contribution in [0.25, 0.3) is 0 Å². The lowest BCUT2D eigenvalue weighted by atomic mass is 9.38. The van der Waals surface area contributed by atoms with Crippen LogP contribution < -0.4 is 5.32 Å². The van der Waals surface area contributed by atoms with E-state index in [1.807, 2.05) is 26.0 Å². The van der Waals surface area contributed by atoms with Crippen LogP contribution in [0.15, 0.2) is 64.5 Å². The lowest BCUT2D eigenvalue weighted by Crippen LogP contribution is -2.78. The molecule has 6 nitrogen and oxygen atoms in total. The third kappa shape index (κ3) is 4.50. The third-order valence-corrected chi connectivity index (χ3v) is 11.2. The standard InChI is InChI=1S/C29H32ClF2N3O3S/c1-26(2)24(23(36)13-10-20-14-29(20,31)32)33-25(34-26)27-16-28(17-27,18-27)35(15-19-8-11-21(30)12-9-19)39(37,38)22-6-4-3-5-7-22/h3-9,11-12,20,24H,10,13-18H2,1-2H3,(H,33,34)/t20?,24-,27?,28?/m0/s1. The number of alkyl halides is 2. The number of amidine groups is 1. The summed E-state index contributed by atoms with van der Waals surface area (Å²) in [4.78, 5) is 18.0. The van der Waals surface area contributed by atoms with Crippen molar-refractivity contribution in [2.75, 3.05) is 0 Å². The predicted molar refractivity (Wildman–Crippen MR) is 145 cm³/mol. The molecule has 0 amide bonds. The quantitative estimate of drug-likeness (QED) is 0.400. The number of ketones is 1. The fourth-order valence-corrected chi connectivity index (χ4v) is 8.61. The van der Waals surface area contributed by atoms with Gasteiger partial charge in [-0.1, -0.05) is 41.9 Å². The van der Waals surface area contributed by atoms with E-state index < -0.39 is 39.0 Å². The van der Waals surface area contributed by atoms with Gasteiger partial charge in [-0.2, -0.15) is 4.31 Å². The average Bonchev–Trinajstić information content (AvgIpc) is 3.32. The topological polar surface area (TPSA) is 78.8 Å². The Labute approximate surface area is 232 Å². The van der Waals surface area contributed by atoms with Gasteiger partial charge in [-0.15, -0.1) is 0 Å². The van der Waals surface area contributed by atoms with Gasteiger partial charge < -0.3 is 5.32 Å². The molecule has 0 spiro atoms. The molecule has 0 aromatic heterocycles. The Hall–Kier alpha value is -2.36. The summed E-state index contributed by atoms with van der Waals surface area (Å²) in [6, 6.07) is 15.0. The van der Waals surface area contributed by atoms with Crippen LogP contribution in [0, 0.1) is 11.3 Å². The Bertz CT molecular complexity index is 1420. The van der Waals surface area contributed by atoms with Crippen molar-refractivity contribution in [3.8, 4) is 0 Å². The zero-order valence-electron chi connectivity index (χ0n) is 22.0. The van der Waals surface area contributed by atoms with E-state index in [0.717, 1.165) is 11.4 Å². The van der Waals surface area contributed by atoms with E-state index in [9.17, 15) is 22.0 Å². The van der Waals surface area contributed by atoms with Crippen molar-refractivity contribution in [3.05, 3.63) is 65.2 Å². The number of sulfonamides is 1. The Morgan fingerprint density at radius 2 is 1.69 bits per heavy atom. The molecule has 2 atom stereocenters. The molecule has 5 aliphatic rings. The SMILES string of the molecule is CC1(C)NC(C23CC(N(Cc4ccc(Cl)cc4)S(=O)(=O)c4ccccc4)(C2)C3)=N[C@H]1C(=O)CCC1CC1(F)F. The summed E-state index contributed by atoms with van der Waals surface area (Å²) in [6.45, 7) is 4.04. The summed E-state index contributed by atoms with van der Waals surface area (Å²) in [5, 5.41) is 4.03. The summed E-state index contributed by atoms with van der Waals surface area (Å²) in [6.07, 6.45) is 1.97. The van der Waals surface area contributed by atoms with E-state index in [2.05, 4.69) is 5.32 Å². The number of nitrogens with zero attached hydrogens (tertiary/aromatic N) is 2. The second-order valence-corrected chi connectivity index (χ2v) is 14.7. The molecule has 0 saturated heterocycles. The van der Waals surface area contributed by atoms with E-state index >= 15 is 0 Å². The van der Waals surface area contributed by atoms with Gasteiger partial charge >= 0.3 is 0 Å². The smallest absolute Gasteiger partial charge is 0.251 e. The summed E-state index contributed by atoms with van der Waals surface area (Å²) in [5.41, 5.74) is -0.620. The predicted octanol–water partition coefficient (Wildman–Crippen LogP) is 5.61. The van der Waals surface area contributed by atoms with Crippen molar-refractivity contribution in [1.29, 1.82) is 0 Å². The summed E-state index contributed by atoms with van der Waals surface area (Å²) >= 11 is 6.06. The largest absolute Gasteiger partial charge is 0.366 e. The molecule has 10 heteroatoms. The van der Waals surface area contributed by atoms with Crippen molar-refractivity contribution in [2.45, 2.75) is 86.9 Å². The minimum absolute atomic E-state index is 0.0912. The van der Waals surface area contributed by atoms with Crippen LogP contribution in [-0.2, 0) is 21.4 Å². The fourth-order valence-electron chi connectivity index (χ4n) is 6.71. The zero-order chi connectivity index (χ0) is 27.8. The van der Waals surface area contributed by atoms with E-state index in [1.54, 1.807) is 46.8 Å². The van der Waals surface area contributed by atoms with Crippen LogP contribution in [0.4, 0.5) is 8.78 Å². The molecule has 1 heterocycles. The number of benzene rings is 2. The molecular formula is C29H32ClF2N3O3S. The zero-order valence-corrected chi connectivity index (χ0v) is 23.5. The van der Waals surface area contributed by atoms with E-state index in [0.29, 0.717) is 24.3 Å². The number of rotatable bonds is 10. The van der Waals surface area contributed by atoms with Crippen LogP contribution in [-0.4, -0.2) is 47.4 Å². The summed E-state index contributed by atoms with van der Waals surface area (Å²) in [5.74, 6) is -2.70. The molecule has 2 aromatic rings. The third-order valence-electron chi connectivity index (χ3n) is 8.99. The highest BCUT2D eigenvalue weighted by molar-refractivity contribution is 7.89. The Balaban J connectivity index is 1.21. The van der Waals surface area contributed by atoms with Crippen molar-refractivity contribution in [3.63, 3.8) is 0 Å². The van der Waals surface area contributed by atoms with Gasteiger partial charge in [-0.3, -0.25) is 9.79 Å². The molecule has 2 bridgehead atoms. The van der Waals surface area contributed by atoms with Gasteiger partial charge in [-0.25, -0.2) is 17.2 Å². The number of carbonyl (C=O) groups is 1. The van der Waals surface area contributed by atoms with Gasteiger partial charge in [0.2, 0.25) is 10.0 Å². The van der Waals surface area contributed by atoms with Crippen molar-refractivity contribution >= 4 is 33.2 Å². The lowest BCUT2D eigenvalue weighted by Gasteiger charge is -2.73. The normalized spacial score (nSPS) is 31.6. The van der Waals surface area contributed by atoms with E-state index in [4.69, 9.17) is 16.6 Å². The first kappa shape index (κ1) is 26.8. The van der Waals surface area contributed by atoms with Gasteiger partial charge in [0.1, 0.15) is 11.9 Å². The maximum absolute atomic E-state index is 13.9. The number of Topliss-reactive ketones (excluding diaryl/α,β-unsaturated/α-hetero) is 1. The monoisotopic (exact) mass is 575 g/mol. The first-order chi connectivity index (χ1) is 18.3.